The number of amides is 1. The van der Waals surface area contributed by atoms with E-state index in [1.165, 1.54) is 30.4 Å². The molecule has 0 aliphatic heterocycles. The normalized spacial score (nSPS) is 10.7. The van der Waals surface area contributed by atoms with Gasteiger partial charge in [0.2, 0.25) is 5.91 Å². The Morgan fingerprint density at radius 2 is 1.85 bits per heavy atom. The van der Waals surface area contributed by atoms with Gasteiger partial charge in [-0.15, -0.1) is 0 Å². The number of nitro benzene ring substituents is 1. The van der Waals surface area contributed by atoms with Crippen molar-refractivity contribution in [3.63, 3.8) is 0 Å². The van der Waals surface area contributed by atoms with Gasteiger partial charge in [0.25, 0.3) is 5.69 Å². The zero-order valence-corrected chi connectivity index (χ0v) is 14.3. The van der Waals surface area contributed by atoms with Crippen molar-refractivity contribution in [1.82, 2.24) is 0 Å². The minimum atomic E-state index is -0.489. The standard InChI is InChI=1S/C19H18N2O5/c1-13(2)26-19(23)15-4-3-5-16(12-15)20-18(22)11-8-14-6-9-17(10-7-14)21(24)25/h3-13H,1-2H3,(H,20,22)/b11-8+. The van der Waals surface area contributed by atoms with Crippen molar-refractivity contribution in [2.75, 3.05) is 5.32 Å². The number of rotatable bonds is 6. The summed E-state index contributed by atoms with van der Waals surface area (Å²) < 4.78 is 5.11. The van der Waals surface area contributed by atoms with Crippen molar-refractivity contribution in [2.24, 2.45) is 0 Å². The second-order valence-corrected chi connectivity index (χ2v) is 5.71. The molecule has 0 aliphatic rings. The van der Waals surface area contributed by atoms with Crippen LogP contribution in [0.2, 0.25) is 0 Å². The number of carbonyl (C=O) groups excluding carboxylic acids is 2. The largest absolute Gasteiger partial charge is 0.459 e. The number of esters is 1. The van der Waals surface area contributed by atoms with Crippen LogP contribution in [-0.2, 0) is 9.53 Å². The molecule has 0 heterocycles. The summed E-state index contributed by atoms with van der Waals surface area (Å²) in [6.45, 7) is 3.51. The molecule has 0 aromatic heterocycles. The van der Waals surface area contributed by atoms with Crippen LogP contribution in [0, 0.1) is 10.1 Å². The van der Waals surface area contributed by atoms with Crippen LogP contribution in [0.3, 0.4) is 0 Å². The van der Waals surface area contributed by atoms with Crippen molar-refractivity contribution in [2.45, 2.75) is 20.0 Å². The average Bonchev–Trinajstić information content (AvgIpc) is 2.60. The highest BCUT2D eigenvalue weighted by Gasteiger charge is 2.10. The van der Waals surface area contributed by atoms with E-state index in [9.17, 15) is 19.7 Å². The van der Waals surface area contributed by atoms with Gasteiger partial charge in [-0.25, -0.2) is 4.79 Å². The van der Waals surface area contributed by atoms with E-state index in [2.05, 4.69) is 5.32 Å². The topological polar surface area (TPSA) is 98.5 Å². The molecule has 26 heavy (non-hydrogen) atoms. The fraction of sp³-hybridized carbons (Fsp3) is 0.158. The Balaban J connectivity index is 2.01. The number of benzene rings is 2. The van der Waals surface area contributed by atoms with E-state index in [0.29, 0.717) is 16.8 Å². The predicted molar refractivity (Wildman–Crippen MR) is 97.8 cm³/mol. The number of carbonyl (C=O) groups is 2. The Morgan fingerprint density at radius 1 is 1.15 bits per heavy atom. The van der Waals surface area contributed by atoms with Crippen LogP contribution >= 0.6 is 0 Å². The summed E-state index contributed by atoms with van der Waals surface area (Å²) in [6, 6.07) is 12.3. The SMILES string of the molecule is CC(C)OC(=O)c1cccc(NC(=O)/C=C/c2ccc([N+](=O)[O-])cc2)c1. The lowest BCUT2D eigenvalue weighted by molar-refractivity contribution is -0.384. The van der Waals surface area contributed by atoms with Crippen molar-refractivity contribution >= 4 is 29.3 Å². The predicted octanol–water partition coefficient (Wildman–Crippen LogP) is 3.81. The lowest BCUT2D eigenvalue weighted by atomic mass is 10.2. The molecule has 0 fully saturated rings. The van der Waals surface area contributed by atoms with E-state index in [4.69, 9.17) is 4.74 Å². The number of hydrogen-bond donors (Lipinski definition) is 1. The highest BCUT2D eigenvalue weighted by Crippen LogP contribution is 2.14. The van der Waals surface area contributed by atoms with Crippen LogP contribution in [0.1, 0.15) is 29.8 Å². The molecule has 2 aromatic carbocycles. The van der Waals surface area contributed by atoms with E-state index < -0.39 is 16.8 Å². The quantitative estimate of drug-likeness (QED) is 0.368. The molecule has 0 unspecified atom stereocenters. The Bertz CT molecular complexity index is 841. The molecular formula is C19H18N2O5. The van der Waals surface area contributed by atoms with E-state index in [1.54, 1.807) is 44.2 Å². The maximum absolute atomic E-state index is 12.0. The van der Waals surface area contributed by atoms with Crippen LogP contribution < -0.4 is 5.32 Å². The molecule has 0 saturated heterocycles. The summed E-state index contributed by atoms with van der Waals surface area (Å²) in [6.07, 6.45) is 2.61. The first-order chi connectivity index (χ1) is 12.3. The smallest absolute Gasteiger partial charge is 0.338 e. The molecule has 0 aliphatic carbocycles. The summed E-state index contributed by atoms with van der Waals surface area (Å²) >= 11 is 0. The van der Waals surface area contributed by atoms with Crippen molar-refractivity contribution < 1.29 is 19.2 Å². The Morgan fingerprint density at radius 3 is 2.46 bits per heavy atom. The lowest BCUT2D eigenvalue weighted by Gasteiger charge is -2.09. The number of nitrogens with zero attached hydrogens (tertiary/aromatic N) is 1. The third-order valence-corrected chi connectivity index (χ3v) is 3.24. The molecule has 1 N–H and O–H groups in total. The molecule has 0 atom stereocenters. The molecule has 7 nitrogen and oxygen atoms in total. The van der Waals surface area contributed by atoms with E-state index in [1.807, 2.05) is 0 Å². The van der Waals surface area contributed by atoms with Gasteiger partial charge in [0.15, 0.2) is 0 Å². The number of anilines is 1. The number of nitrogens with one attached hydrogen (secondary N) is 1. The third kappa shape index (κ3) is 5.55. The average molecular weight is 354 g/mol. The molecule has 0 bridgehead atoms. The maximum Gasteiger partial charge on any atom is 0.338 e. The molecule has 134 valence electrons. The zero-order chi connectivity index (χ0) is 19.1. The van der Waals surface area contributed by atoms with E-state index in [0.717, 1.165) is 0 Å². The fourth-order valence-corrected chi connectivity index (χ4v) is 2.07. The summed E-state index contributed by atoms with van der Waals surface area (Å²) in [7, 11) is 0. The van der Waals surface area contributed by atoms with E-state index >= 15 is 0 Å². The molecule has 0 spiro atoms. The van der Waals surface area contributed by atoms with Crippen LogP contribution in [0.5, 0.6) is 0 Å². The van der Waals surface area contributed by atoms with Gasteiger partial charge in [-0.2, -0.15) is 0 Å². The molecule has 2 rings (SSSR count). The molecule has 1 amide bonds. The van der Waals surface area contributed by atoms with Crippen LogP contribution in [0.25, 0.3) is 6.08 Å². The molecule has 0 saturated carbocycles. The first-order valence-corrected chi connectivity index (χ1v) is 7.89. The Hall–Kier alpha value is -3.48. The third-order valence-electron chi connectivity index (χ3n) is 3.24. The first-order valence-electron chi connectivity index (χ1n) is 7.89. The number of non-ortho nitro benzene ring substituents is 1. The van der Waals surface area contributed by atoms with Crippen LogP contribution in [-0.4, -0.2) is 22.9 Å². The van der Waals surface area contributed by atoms with Crippen molar-refractivity contribution in [3.8, 4) is 0 Å². The zero-order valence-electron chi connectivity index (χ0n) is 14.3. The second-order valence-electron chi connectivity index (χ2n) is 5.71. The highest BCUT2D eigenvalue weighted by atomic mass is 16.6. The maximum atomic E-state index is 12.0. The molecule has 0 radical (unpaired) electrons. The summed E-state index contributed by atoms with van der Waals surface area (Å²) in [5, 5.41) is 13.3. The van der Waals surface area contributed by atoms with Gasteiger partial charge >= 0.3 is 5.97 Å². The Kier molecular flexibility index (Phi) is 6.21. The fourth-order valence-electron chi connectivity index (χ4n) is 2.07. The Labute approximate surface area is 150 Å². The van der Waals surface area contributed by atoms with Gasteiger partial charge in [-0.1, -0.05) is 6.07 Å². The number of nitro groups is 1. The summed E-state index contributed by atoms with van der Waals surface area (Å²) in [4.78, 5) is 34.0. The van der Waals surface area contributed by atoms with Gasteiger partial charge in [-0.3, -0.25) is 14.9 Å². The minimum absolute atomic E-state index is 0.0169. The van der Waals surface area contributed by atoms with Crippen LogP contribution in [0.15, 0.2) is 54.6 Å². The van der Waals surface area contributed by atoms with Gasteiger partial charge in [-0.05, 0) is 55.8 Å². The molecule has 7 heteroatoms. The monoisotopic (exact) mass is 354 g/mol. The van der Waals surface area contributed by atoms with Crippen LogP contribution in [0.4, 0.5) is 11.4 Å². The molecular weight excluding hydrogens is 336 g/mol. The number of hydrogen-bond acceptors (Lipinski definition) is 5. The molecule has 2 aromatic rings. The summed E-state index contributed by atoms with van der Waals surface area (Å²) in [5.74, 6) is -0.852. The van der Waals surface area contributed by atoms with Gasteiger partial charge in [0.05, 0.1) is 16.6 Å². The van der Waals surface area contributed by atoms with Crippen molar-refractivity contribution in [3.05, 3.63) is 75.8 Å². The second kappa shape index (κ2) is 8.57. The van der Waals surface area contributed by atoms with Gasteiger partial charge in [0.1, 0.15) is 0 Å². The van der Waals surface area contributed by atoms with Crippen molar-refractivity contribution in [1.29, 1.82) is 0 Å². The van der Waals surface area contributed by atoms with E-state index in [-0.39, 0.29) is 11.8 Å². The summed E-state index contributed by atoms with van der Waals surface area (Å²) in [5.41, 5.74) is 1.44. The lowest BCUT2D eigenvalue weighted by Crippen LogP contribution is -2.13. The highest BCUT2D eigenvalue weighted by molar-refractivity contribution is 6.02. The van der Waals surface area contributed by atoms with Gasteiger partial charge < -0.3 is 10.1 Å². The van der Waals surface area contributed by atoms with Gasteiger partial charge in [0, 0.05) is 23.9 Å². The minimum Gasteiger partial charge on any atom is -0.459 e. The first kappa shape index (κ1) is 18.9. The number of ether oxygens (including phenoxy) is 1.